The molecule has 0 bridgehead atoms. The molecule has 0 spiro atoms. The van der Waals surface area contributed by atoms with Crippen molar-refractivity contribution in [3.8, 4) is 0 Å². The van der Waals surface area contributed by atoms with Crippen molar-refractivity contribution in [1.82, 2.24) is 0 Å². The summed E-state index contributed by atoms with van der Waals surface area (Å²) < 4.78 is 3.19. The van der Waals surface area contributed by atoms with E-state index in [1.54, 1.807) is 0 Å². The van der Waals surface area contributed by atoms with Crippen LogP contribution in [0.5, 0.6) is 0 Å². The monoisotopic (exact) mass is 152 g/mol. The molecular formula is H3CaCl2NaO. The van der Waals surface area contributed by atoms with Gasteiger partial charge >= 0.3 is 67.3 Å². The van der Waals surface area contributed by atoms with Crippen LogP contribution in [0, 0.1) is 0 Å². The van der Waals surface area contributed by atoms with Gasteiger partial charge in [-0.2, -0.15) is 3.84 Å². The second-order valence-corrected chi connectivity index (χ2v) is 0.525. The van der Waals surface area contributed by atoms with Crippen LogP contribution < -0.4 is 0 Å². The van der Waals surface area contributed by atoms with Crippen LogP contribution in [0.3, 0.4) is 0 Å². The standard InChI is InChI=1S/Ca.Cl2O.Na.3H/c;1-3-2;;;;. The molecule has 5 heteroatoms. The quantitative estimate of drug-likeness (QED) is 0.436. The summed E-state index contributed by atoms with van der Waals surface area (Å²) in [7, 11) is 0. The van der Waals surface area contributed by atoms with Gasteiger partial charge in [0.1, 0.15) is 0 Å². The van der Waals surface area contributed by atoms with Crippen molar-refractivity contribution >= 4 is 91.0 Å². The van der Waals surface area contributed by atoms with E-state index in [4.69, 9.17) is 0 Å². The first kappa shape index (κ1) is 15.7. The molecule has 0 N–H and O–H groups in total. The predicted octanol–water partition coefficient (Wildman–Crippen LogP) is -0.254. The van der Waals surface area contributed by atoms with E-state index < -0.39 is 0 Å². The Bertz CT molecular complexity index is 9.61. The molecule has 0 radical (unpaired) electrons. The van der Waals surface area contributed by atoms with E-state index in [0.29, 0.717) is 0 Å². The maximum atomic E-state index is 4.26. The van der Waals surface area contributed by atoms with Crippen LogP contribution in [-0.2, 0) is 3.84 Å². The van der Waals surface area contributed by atoms with E-state index in [1.807, 2.05) is 0 Å². The van der Waals surface area contributed by atoms with Crippen LogP contribution in [0.15, 0.2) is 0 Å². The van der Waals surface area contributed by atoms with Gasteiger partial charge in [0, 0.05) is 0 Å². The van der Waals surface area contributed by atoms with Gasteiger partial charge in [-0.25, -0.2) is 0 Å². The fourth-order valence-corrected chi connectivity index (χ4v) is 0. The van der Waals surface area contributed by atoms with Crippen LogP contribution in [0.4, 0.5) is 0 Å². The Labute approximate surface area is 93.0 Å². The van der Waals surface area contributed by atoms with E-state index in [9.17, 15) is 0 Å². The van der Waals surface area contributed by atoms with Crippen molar-refractivity contribution in [3.63, 3.8) is 0 Å². The van der Waals surface area contributed by atoms with Crippen LogP contribution in [0.1, 0.15) is 0 Å². The molecule has 0 aliphatic heterocycles. The van der Waals surface area contributed by atoms with Crippen molar-refractivity contribution < 1.29 is 3.84 Å². The normalized spacial score (nSPS) is 3.60. The topological polar surface area (TPSA) is 9.23 Å². The van der Waals surface area contributed by atoms with Gasteiger partial charge in [0.25, 0.3) is 0 Å². The fraction of sp³-hybridized carbons (Fsp3) is 0. The van der Waals surface area contributed by atoms with Crippen LogP contribution in [0.2, 0.25) is 0 Å². The third-order valence-electron chi connectivity index (χ3n) is 0. The Kier molecular flexibility index (Phi) is 49.6. The Morgan fingerprint density at radius 2 is 1.20 bits per heavy atom. The SMILES string of the molecule is ClOCl.[CaH2].[NaH]. The molecule has 5 heavy (non-hydrogen) atoms. The molecule has 0 aliphatic rings. The fourth-order valence-electron chi connectivity index (χ4n) is 0. The summed E-state index contributed by atoms with van der Waals surface area (Å²) in [5.74, 6) is 0. The van der Waals surface area contributed by atoms with Gasteiger partial charge in [0.15, 0.2) is 0 Å². The van der Waals surface area contributed by atoms with Gasteiger partial charge in [-0.05, 0) is 0 Å². The summed E-state index contributed by atoms with van der Waals surface area (Å²) >= 11 is 8.53. The zero-order valence-corrected chi connectivity index (χ0v) is 2.68. The summed E-state index contributed by atoms with van der Waals surface area (Å²) in [5.41, 5.74) is 0. The number of hydrogen-bond acceptors (Lipinski definition) is 1. The summed E-state index contributed by atoms with van der Waals surface area (Å²) in [6.07, 6.45) is 0. The van der Waals surface area contributed by atoms with Crippen molar-refractivity contribution in [2.75, 3.05) is 0 Å². The first-order chi connectivity index (χ1) is 1.41. The molecule has 0 saturated carbocycles. The minimum atomic E-state index is 0. The van der Waals surface area contributed by atoms with E-state index in [0.717, 1.165) is 0 Å². The summed E-state index contributed by atoms with van der Waals surface area (Å²) in [6, 6.07) is 0. The van der Waals surface area contributed by atoms with E-state index >= 15 is 0 Å². The van der Waals surface area contributed by atoms with Crippen LogP contribution in [-0.4, -0.2) is 67.3 Å². The van der Waals surface area contributed by atoms with E-state index in [1.165, 1.54) is 0 Å². The molecule has 0 aromatic rings. The molecule has 0 aromatic carbocycles. The van der Waals surface area contributed by atoms with Gasteiger partial charge in [-0.3, -0.25) is 0 Å². The van der Waals surface area contributed by atoms with Gasteiger partial charge in [-0.15, -0.1) is 0 Å². The molecule has 0 atom stereocenters. The summed E-state index contributed by atoms with van der Waals surface area (Å²) in [5, 5.41) is 0. The molecule has 0 fully saturated rings. The molecule has 0 saturated heterocycles. The Morgan fingerprint density at radius 1 is 1.20 bits per heavy atom. The molecule has 0 amide bonds. The van der Waals surface area contributed by atoms with E-state index in [2.05, 4.69) is 27.6 Å². The Morgan fingerprint density at radius 3 is 1.20 bits per heavy atom. The molecule has 0 unspecified atom stereocenters. The number of hydrogen-bond donors (Lipinski definition) is 0. The minimum absolute atomic E-state index is 0. The van der Waals surface area contributed by atoms with Crippen molar-refractivity contribution in [1.29, 1.82) is 0 Å². The van der Waals surface area contributed by atoms with Crippen molar-refractivity contribution in [2.24, 2.45) is 0 Å². The summed E-state index contributed by atoms with van der Waals surface area (Å²) in [4.78, 5) is 0. The third kappa shape index (κ3) is 20.0. The molecule has 0 rings (SSSR count). The number of halogens is 2. The molecule has 26 valence electrons. The molecule has 0 aliphatic carbocycles. The summed E-state index contributed by atoms with van der Waals surface area (Å²) in [6.45, 7) is 0. The van der Waals surface area contributed by atoms with Crippen LogP contribution >= 0.6 is 23.7 Å². The average Bonchev–Trinajstić information content (AvgIpc) is 0.918. The number of rotatable bonds is 0. The van der Waals surface area contributed by atoms with Gasteiger partial charge in [0.05, 0.1) is 23.7 Å². The van der Waals surface area contributed by atoms with Gasteiger partial charge in [0.2, 0.25) is 0 Å². The Hall–Kier alpha value is 2.80. The second-order valence-electron chi connectivity index (χ2n) is 0.0583. The molecular weight excluding hydrogens is 150 g/mol. The van der Waals surface area contributed by atoms with E-state index in [-0.39, 0.29) is 67.3 Å². The first-order valence-electron chi connectivity index (χ1n) is 0.309. The molecule has 0 aromatic heterocycles. The molecule has 1 nitrogen and oxygen atoms in total. The Balaban J connectivity index is -0.0000000200. The predicted molar refractivity (Wildman–Crippen MR) is 28.5 cm³/mol. The zero-order chi connectivity index (χ0) is 2.71. The van der Waals surface area contributed by atoms with Gasteiger partial charge in [-0.1, -0.05) is 0 Å². The third-order valence-corrected chi connectivity index (χ3v) is 0. The van der Waals surface area contributed by atoms with Gasteiger partial charge < -0.3 is 0 Å². The van der Waals surface area contributed by atoms with Crippen molar-refractivity contribution in [3.05, 3.63) is 0 Å². The first-order valence-corrected chi connectivity index (χ1v) is 0.926. The zero-order valence-electron chi connectivity index (χ0n) is 1.16. The molecule has 0 heterocycles. The average molecular weight is 153 g/mol. The second kappa shape index (κ2) is 15.8. The maximum absolute atomic E-state index is 4.26. The van der Waals surface area contributed by atoms with Crippen LogP contribution in [0.25, 0.3) is 0 Å². The van der Waals surface area contributed by atoms with Crippen molar-refractivity contribution in [2.45, 2.75) is 0 Å².